The summed E-state index contributed by atoms with van der Waals surface area (Å²) in [5.41, 5.74) is 0.876. The molecule has 0 atom stereocenters. The molecule has 0 aliphatic heterocycles. The second-order valence-electron chi connectivity index (χ2n) is 5.27. The lowest BCUT2D eigenvalue weighted by Crippen LogP contribution is -2.13. The van der Waals surface area contributed by atoms with E-state index >= 15 is 0 Å². The van der Waals surface area contributed by atoms with E-state index in [4.69, 9.17) is 16.1 Å². The van der Waals surface area contributed by atoms with E-state index in [1.807, 2.05) is 30.3 Å². The Balaban J connectivity index is 1.98. The lowest BCUT2D eigenvalue weighted by Gasteiger charge is -2.03. The van der Waals surface area contributed by atoms with Crippen molar-refractivity contribution in [3.05, 3.63) is 42.0 Å². The van der Waals surface area contributed by atoms with E-state index in [1.54, 1.807) is 6.07 Å². The Bertz CT molecular complexity index is 939. The third-order valence-corrected chi connectivity index (χ3v) is 3.80. The molecule has 3 aromatic rings. The Kier molecular flexibility index (Phi) is 4.95. The summed E-state index contributed by atoms with van der Waals surface area (Å²) >= 11 is 5.54. The Morgan fingerprint density at radius 1 is 1.20 bits per heavy atom. The van der Waals surface area contributed by atoms with E-state index in [2.05, 4.69) is 15.5 Å². The highest BCUT2D eigenvalue weighted by Crippen LogP contribution is 2.29. The molecule has 8 heteroatoms. The minimum atomic E-state index is -1.26. The van der Waals surface area contributed by atoms with Crippen LogP contribution < -0.4 is 5.32 Å². The van der Waals surface area contributed by atoms with Gasteiger partial charge in [0.1, 0.15) is 5.69 Å². The van der Waals surface area contributed by atoms with Gasteiger partial charge in [-0.1, -0.05) is 29.4 Å². The predicted molar refractivity (Wildman–Crippen MR) is 92.8 cm³/mol. The Morgan fingerprint density at radius 3 is 2.76 bits per heavy atom. The number of alkyl halides is 1. The van der Waals surface area contributed by atoms with Gasteiger partial charge < -0.3 is 9.63 Å². The van der Waals surface area contributed by atoms with E-state index in [0.29, 0.717) is 23.5 Å². The van der Waals surface area contributed by atoms with Crippen molar-refractivity contribution in [2.24, 2.45) is 0 Å². The number of anilines is 1. The van der Waals surface area contributed by atoms with Crippen LogP contribution in [0.5, 0.6) is 0 Å². The highest BCUT2D eigenvalue weighted by Gasteiger charge is 2.25. The molecule has 3 rings (SSSR count). The first-order chi connectivity index (χ1) is 12.1. The molecular formula is C17H14ClN3O4. The van der Waals surface area contributed by atoms with Gasteiger partial charge >= 0.3 is 5.97 Å². The number of pyridine rings is 1. The number of fused-ring (bicyclic) bond motifs is 1. The molecule has 25 heavy (non-hydrogen) atoms. The first kappa shape index (κ1) is 16.9. The maximum atomic E-state index is 11.8. The van der Waals surface area contributed by atoms with Crippen molar-refractivity contribution < 1.29 is 19.2 Å². The number of hydrogen-bond acceptors (Lipinski definition) is 5. The smallest absolute Gasteiger partial charge is 0.343 e. The van der Waals surface area contributed by atoms with E-state index in [-0.39, 0.29) is 23.6 Å². The topological polar surface area (TPSA) is 105 Å². The molecule has 2 heterocycles. The summed E-state index contributed by atoms with van der Waals surface area (Å²) in [6, 6.07) is 10.9. The molecule has 0 unspecified atom stereocenters. The number of halogens is 1. The second-order valence-corrected chi connectivity index (χ2v) is 5.65. The zero-order chi connectivity index (χ0) is 17.8. The van der Waals surface area contributed by atoms with E-state index in [1.165, 1.54) is 0 Å². The fourth-order valence-corrected chi connectivity index (χ4v) is 2.50. The van der Waals surface area contributed by atoms with E-state index in [0.717, 1.165) is 5.39 Å². The summed E-state index contributed by atoms with van der Waals surface area (Å²) in [4.78, 5) is 27.9. The zero-order valence-electron chi connectivity index (χ0n) is 13.0. The van der Waals surface area contributed by atoms with Gasteiger partial charge in [-0.2, -0.15) is 0 Å². The second kappa shape index (κ2) is 7.31. The molecule has 0 spiro atoms. The molecule has 0 aliphatic carbocycles. The quantitative estimate of drug-likeness (QED) is 0.652. The van der Waals surface area contributed by atoms with Gasteiger partial charge in [-0.3, -0.25) is 10.1 Å². The molecule has 7 nitrogen and oxygen atoms in total. The molecular weight excluding hydrogens is 346 g/mol. The van der Waals surface area contributed by atoms with Crippen LogP contribution in [-0.2, 0) is 4.79 Å². The summed E-state index contributed by atoms with van der Waals surface area (Å²) in [6.45, 7) is 0. The highest BCUT2D eigenvalue weighted by atomic mass is 35.5. The third kappa shape index (κ3) is 3.61. The maximum absolute atomic E-state index is 11.8. The van der Waals surface area contributed by atoms with Crippen molar-refractivity contribution in [2.45, 2.75) is 12.8 Å². The van der Waals surface area contributed by atoms with Gasteiger partial charge in [0.15, 0.2) is 5.56 Å². The number of carbonyl (C=O) groups excluding carboxylic acids is 1. The van der Waals surface area contributed by atoms with Crippen molar-refractivity contribution >= 4 is 40.3 Å². The number of para-hydroxylation sites is 1. The van der Waals surface area contributed by atoms with Gasteiger partial charge in [0.05, 0.1) is 11.2 Å². The van der Waals surface area contributed by atoms with Crippen LogP contribution in [-0.4, -0.2) is 33.0 Å². The highest BCUT2D eigenvalue weighted by molar-refractivity contribution is 6.18. The van der Waals surface area contributed by atoms with Crippen LogP contribution in [0.25, 0.3) is 22.3 Å². The van der Waals surface area contributed by atoms with Crippen LogP contribution in [0.1, 0.15) is 23.2 Å². The summed E-state index contributed by atoms with van der Waals surface area (Å²) in [5, 5.41) is 16.6. The molecule has 0 saturated carbocycles. The molecule has 1 aromatic carbocycles. The minimum Gasteiger partial charge on any atom is -0.477 e. The van der Waals surface area contributed by atoms with Gasteiger partial charge in [0.2, 0.25) is 11.8 Å². The standard InChI is InChI=1S/C17H14ClN3O4/c18-9-3-6-13(22)20-16-14(17(23)24)15(21-25-16)12-8-7-10-4-1-2-5-11(10)19-12/h1-2,4-5,7-8H,3,6,9H2,(H,20,22)(H,23,24). The van der Waals surface area contributed by atoms with Crippen LogP contribution in [0.2, 0.25) is 0 Å². The number of rotatable bonds is 6. The molecule has 2 N–H and O–H groups in total. The number of carbonyl (C=O) groups is 2. The van der Waals surface area contributed by atoms with Crippen molar-refractivity contribution in [3.8, 4) is 11.4 Å². The first-order valence-electron chi connectivity index (χ1n) is 7.55. The van der Waals surface area contributed by atoms with Crippen LogP contribution >= 0.6 is 11.6 Å². The third-order valence-electron chi connectivity index (χ3n) is 3.54. The van der Waals surface area contributed by atoms with E-state index < -0.39 is 11.9 Å². The van der Waals surface area contributed by atoms with Gasteiger partial charge in [-0.25, -0.2) is 9.78 Å². The lowest BCUT2D eigenvalue weighted by molar-refractivity contribution is -0.116. The number of benzene rings is 1. The van der Waals surface area contributed by atoms with Crippen LogP contribution in [0.15, 0.2) is 40.9 Å². The Labute approximate surface area is 147 Å². The fraction of sp³-hybridized carbons (Fsp3) is 0.176. The molecule has 0 aliphatic rings. The largest absolute Gasteiger partial charge is 0.477 e. The normalized spacial score (nSPS) is 10.8. The van der Waals surface area contributed by atoms with Crippen molar-refractivity contribution in [1.29, 1.82) is 0 Å². The number of aromatic nitrogens is 2. The number of hydrogen-bond donors (Lipinski definition) is 2. The number of carboxylic acid groups (broad SMARTS) is 1. The van der Waals surface area contributed by atoms with Crippen molar-refractivity contribution in [3.63, 3.8) is 0 Å². The van der Waals surface area contributed by atoms with Gasteiger partial charge in [-0.15, -0.1) is 11.6 Å². The van der Waals surface area contributed by atoms with E-state index in [9.17, 15) is 14.7 Å². The van der Waals surface area contributed by atoms with Crippen LogP contribution in [0.3, 0.4) is 0 Å². The van der Waals surface area contributed by atoms with Crippen LogP contribution in [0.4, 0.5) is 5.88 Å². The first-order valence-corrected chi connectivity index (χ1v) is 8.08. The zero-order valence-corrected chi connectivity index (χ0v) is 13.8. The van der Waals surface area contributed by atoms with Gasteiger partial charge in [-0.05, 0) is 18.6 Å². The van der Waals surface area contributed by atoms with Crippen LogP contribution in [0, 0.1) is 0 Å². The molecule has 0 radical (unpaired) electrons. The number of amides is 1. The molecule has 0 fully saturated rings. The lowest BCUT2D eigenvalue weighted by atomic mass is 10.1. The number of aromatic carboxylic acids is 1. The predicted octanol–water partition coefficient (Wildman–Crippen LogP) is 3.55. The van der Waals surface area contributed by atoms with Crippen molar-refractivity contribution in [2.75, 3.05) is 11.2 Å². The molecule has 1 amide bonds. The Morgan fingerprint density at radius 2 is 2.00 bits per heavy atom. The average Bonchev–Trinajstić information content (AvgIpc) is 3.03. The fourth-order valence-electron chi connectivity index (χ4n) is 2.36. The SMILES string of the molecule is O=C(CCCCl)Nc1onc(-c2ccc3ccccc3n2)c1C(=O)O. The van der Waals surface area contributed by atoms with Gasteiger partial charge in [0.25, 0.3) is 0 Å². The summed E-state index contributed by atoms with van der Waals surface area (Å²) < 4.78 is 5.04. The monoisotopic (exact) mass is 359 g/mol. The average molecular weight is 360 g/mol. The molecule has 128 valence electrons. The number of carboxylic acids is 1. The van der Waals surface area contributed by atoms with Gasteiger partial charge in [0, 0.05) is 17.7 Å². The van der Waals surface area contributed by atoms with Crippen molar-refractivity contribution in [1.82, 2.24) is 10.1 Å². The summed E-state index contributed by atoms with van der Waals surface area (Å²) in [6.07, 6.45) is 0.635. The number of nitrogens with one attached hydrogen (secondary N) is 1. The molecule has 2 aromatic heterocycles. The summed E-state index contributed by atoms with van der Waals surface area (Å²) in [5.74, 6) is -1.53. The maximum Gasteiger partial charge on any atom is 0.343 e. The minimum absolute atomic E-state index is 0.0610. The molecule has 0 bridgehead atoms. The Hall–Kier alpha value is -2.93. The summed E-state index contributed by atoms with van der Waals surface area (Å²) in [7, 11) is 0. The number of nitrogens with zero attached hydrogens (tertiary/aromatic N) is 2. The molecule has 0 saturated heterocycles.